The Kier molecular flexibility index (Phi) is 3.72. The number of hydrogen-bond acceptors (Lipinski definition) is 4. The maximum Gasteiger partial charge on any atom is 0.107 e. The Hall–Kier alpha value is -0.450. The molecule has 1 N–H and O–H groups in total. The monoisotopic (exact) mass is 226 g/mol. The number of nitrogens with one attached hydrogen (secondary N) is 1. The fourth-order valence-electron chi connectivity index (χ4n) is 1.90. The predicted octanol–water partition coefficient (Wildman–Crippen LogP) is 2.11. The van der Waals surface area contributed by atoms with Gasteiger partial charge in [0.2, 0.25) is 0 Å². The highest BCUT2D eigenvalue weighted by molar-refractivity contribution is 7.11. The summed E-state index contributed by atoms with van der Waals surface area (Å²) in [5.41, 5.74) is 0. The fraction of sp³-hybridized carbons (Fsp3) is 0.727. The molecule has 2 atom stereocenters. The average Bonchev–Trinajstić information content (AvgIpc) is 2.62. The quantitative estimate of drug-likeness (QED) is 0.857. The molecule has 15 heavy (non-hydrogen) atoms. The SMILES string of the molecule is Cc1cnc(CNC2CCOC(C)C2)s1. The van der Waals surface area contributed by atoms with Crippen molar-refractivity contribution >= 4 is 11.3 Å². The van der Waals surface area contributed by atoms with Crippen LogP contribution in [0.1, 0.15) is 29.7 Å². The topological polar surface area (TPSA) is 34.2 Å². The van der Waals surface area contributed by atoms with Gasteiger partial charge in [-0.3, -0.25) is 0 Å². The van der Waals surface area contributed by atoms with Crippen LogP contribution in [-0.4, -0.2) is 23.7 Å². The number of hydrogen-bond donors (Lipinski definition) is 1. The van der Waals surface area contributed by atoms with E-state index in [1.807, 2.05) is 6.20 Å². The van der Waals surface area contributed by atoms with Gasteiger partial charge >= 0.3 is 0 Å². The Balaban J connectivity index is 1.77. The van der Waals surface area contributed by atoms with E-state index in [-0.39, 0.29) is 0 Å². The lowest BCUT2D eigenvalue weighted by atomic mass is 10.0. The molecule has 0 aliphatic carbocycles. The van der Waals surface area contributed by atoms with Gasteiger partial charge in [0.1, 0.15) is 5.01 Å². The lowest BCUT2D eigenvalue weighted by molar-refractivity contribution is 0.0130. The number of thiazole rings is 1. The van der Waals surface area contributed by atoms with Crippen molar-refractivity contribution in [3.05, 3.63) is 16.1 Å². The maximum atomic E-state index is 5.51. The van der Waals surface area contributed by atoms with E-state index in [2.05, 4.69) is 24.1 Å². The lowest BCUT2D eigenvalue weighted by Crippen LogP contribution is -2.37. The van der Waals surface area contributed by atoms with Crippen molar-refractivity contribution in [2.45, 2.75) is 45.4 Å². The summed E-state index contributed by atoms with van der Waals surface area (Å²) in [4.78, 5) is 5.63. The zero-order chi connectivity index (χ0) is 10.7. The third-order valence-corrected chi connectivity index (χ3v) is 3.61. The molecule has 0 bridgehead atoms. The van der Waals surface area contributed by atoms with Gasteiger partial charge in [-0.1, -0.05) is 0 Å². The molecule has 0 aromatic carbocycles. The van der Waals surface area contributed by atoms with Crippen molar-refractivity contribution in [1.29, 1.82) is 0 Å². The van der Waals surface area contributed by atoms with Crippen molar-refractivity contribution in [2.24, 2.45) is 0 Å². The first-order valence-electron chi connectivity index (χ1n) is 5.50. The van der Waals surface area contributed by atoms with Crippen LogP contribution in [0.25, 0.3) is 0 Å². The largest absolute Gasteiger partial charge is 0.378 e. The van der Waals surface area contributed by atoms with Crippen molar-refractivity contribution in [3.63, 3.8) is 0 Å². The summed E-state index contributed by atoms with van der Waals surface area (Å²) in [6, 6.07) is 0.595. The standard InChI is InChI=1S/C11H18N2OS/c1-8-5-10(3-4-14-8)12-7-11-13-6-9(2)15-11/h6,8,10,12H,3-5,7H2,1-2H3. The Labute approximate surface area is 94.9 Å². The molecule has 1 aliphatic heterocycles. The molecular weight excluding hydrogens is 208 g/mol. The number of ether oxygens (including phenoxy) is 1. The van der Waals surface area contributed by atoms with Crippen LogP contribution >= 0.6 is 11.3 Å². The molecule has 1 fully saturated rings. The number of aryl methyl sites for hydroxylation is 1. The first kappa shape index (κ1) is 11.0. The van der Waals surface area contributed by atoms with Gasteiger partial charge in [0.25, 0.3) is 0 Å². The molecule has 3 nitrogen and oxygen atoms in total. The number of aromatic nitrogens is 1. The maximum absolute atomic E-state index is 5.51. The molecule has 0 spiro atoms. The molecule has 1 aliphatic rings. The zero-order valence-electron chi connectivity index (χ0n) is 9.32. The van der Waals surface area contributed by atoms with E-state index in [1.54, 1.807) is 11.3 Å². The van der Waals surface area contributed by atoms with Crippen LogP contribution in [-0.2, 0) is 11.3 Å². The fourth-order valence-corrected chi connectivity index (χ4v) is 2.64. The van der Waals surface area contributed by atoms with Crippen LogP contribution in [0.5, 0.6) is 0 Å². The number of rotatable bonds is 3. The first-order valence-corrected chi connectivity index (χ1v) is 6.32. The molecule has 0 saturated carbocycles. The summed E-state index contributed by atoms with van der Waals surface area (Å²) in [6.07, 6.45) is 4.57. The van der Waals surface area contributed by atoms with Gasteiger partial charge in [-0.25, -0.2) is 4.98 Å². The summed E-state index contributed by atoms with van der Waals surface area (Å²) in [5, 5.41) is 4.74. The molecule has 0 amide bonds. The Bertz CT molecular complexity index is 313. The van der Waals surface area contributed by atoms with Crippen LogP contribution in [0.4, 0.5) is 0 Å². The van der Waals surface area contributed by atoms with Gasteiger partial charge in [-0.15, -0.1) is 11.3 Å². The van der Waals surface area contributed by atoms with Crippen LogP contribution in [0, 0.1) is 6.92 Å². The molecule has 1 aromatic heterocycles. The van der Waals surface area contributed by atoms with E-state index in [9.17, 15) is 0 Å². The van der Waals surface area contributed by atoms with E-state index in [0.29, 0.717) is 12.1 Å². The Morgan fingerprint density at radius 1 is 1.67 bits per heavy atom. The molecule has 0 radical (unpaired) electrons. The lowest BCUT2D eigenvalue weighted by Gasteiger charge is -2.27. The summed E-state index contributed by atoms with van der Waals surface area (Å²) < 4.78 is 5.51. The zero-order valence-corrected chi connectivity index (χ0v) is 10.1. The second-order valence-corrected chi connectivity index (χ2v) is 5.47. The summed E-state index contributed by atoms with van der Waals surface area (Å²) >= 11 is 1.77. The third kappa shape index (κ3) is 3.26. The minimum Gasteiger partial charge on any atom is -0.378 e. The highest BCUT2D eigenvalue weighted by atomic mass is 32.1. The molecule has 4 heteroatoms. The summed E-state index contributed by atoms with van der Waals surface area (Å²) in [7, 11) is 0. The van der Waals surface area contributed by atoms with Gasteiger partial charge in [0, 0.05) is 30.3 Å². The molecule has 1 saturated heterocycles. The predicted molar refractivity (Wildman–Crippen MR) is 62.1 cm³/mol. The normalized spacial score (nSPS) is 26.8. The third-order valence-electron chi connectivity index (χ3n) is 2.70. The minimum atomic E-state index is 0.397. The van der Waals surface area contributed by atoms with Crippen molar-refractivity contribution in [2.75, 3.05) is 6.61 Å². The summed E-state index contributed by atoms with van der Waals surface area (Å²) in [6.45, 7) is 6.02. The molecule has 2 heterocycles. The van der Waals surface area contributed by atoms with Crippen LogP contribution in [0.2, 0.25) is 0 Å². The van der Waals surface area contributed by atoms with E-state index in [4.69, 9.17) is 4.74 Å². The van der Waals surface area contributed by atoms with Crippen LogP contribution < -0.4 is 5.32 Å². The van der Waals surface area contributed by atoms with Gasteiger partial charge in [-0.05, 0) is 26.7 Å². The Morgan fingerprint density at radius 3 is 3.20 bits per heavy atom. The van der Waals surface area contributed by atoms with Crippen molar-refractivity contribution < 1.29 is 4.74 Å². The van der Waals surface area contributed by atoms with Gasteiger partial charge in [0.05, 0.1) is 6.10 Å². The smallest absolute Gasteiger partial charge is 0.107 e. The molecular formula is C11H18N2OS. The minimum absolute atomic E-state index is 0.397. The van der Waals surface area contributed by atoms with Gasteiger partial charge in [-0.2, -0.15) is 0 Å². The van der Waals surface area contributed by atoms with Crippen molar-refractivity contribution in [3.8, 4) is 0 Å². The molecule has 2 rings (SSSR count). The van der Waals surface area contributed by atoms with E-state index < -0.39 is 0 Å². The molecule has 2 unspecified atom stereocenters. The first-order chi connectivity index (χ1) is 7.24. The number of nitrogens with zero attached hydrogens (tertiary/aromatic N) is 1. The van der Waals surface area contributed by atoms with E-state index in [0.717, 1.165) is 26.0 Å². The van der Waals surface area contributed by atoms with E-state index >= 15 is 0 Å². The highest BCUT2D eigenvalue weighted by Crippen LogP contribution is 2.15. The molecule has 84 valence electrons. The van der Waals surface area contributed by atoms with Crippen LogP contribution in [0.3, 0.4) is 0 Å². The second kappa shape index (κ2) is 5.05. The van der Waals surface area contributed by atoms with Gasteiger partial charge in [0.15, 0.2) is 0 Å². The summed E-state index contributed by atoms with van der Waals surface area (Å²) in [5.74, 6) is 0. The highest BCUT2D eigenvalue weighted by Gasteiger charge is 2.18. The van der Waals surface area contributed by atoms with Crippen molar-refractivity contribution in [1.82, 2.24) is 10.3 Å². The Morgan fingerprint density at radius 2 is 2.53 bits per heavy atom. The van der Waals surface area contributed by atoms with Gasteiger partial charge < -0.3 is 10.1 Å². The average molecular weight is 226 g/mol. The van der Waals surface area contributed by atoms with Crippen LogP contribution in [0.15, 0.2) is 6.20 Å². The van der Waals surface area contributed by atoms with E-state index in [1.165, 1.54) is 9.88 Å². The molecule has 1 aromatic rings. The second-order valence-electron chi connectivity index (χ2n) is 4.15.